The first-order chi connectivity index (χ1) is 13.5. The molecule has 6 nitrogen and oxygen atoms in total. The highest BCUT2D eigenvalue weighted by atomic mass is 32.2. The van der Waals surface area contributed by atoms with Gasteiger partial charge in [-0.1, -0.05) is 49.6 Å². The first-order valence-electron chi connectivity index (χ1n) is 9.56. The molecular weight excluding hydrogens is 374 g/mol. The van der Waals surface area contributed by atoms with Crippen LogP contribution in [0, 0.1) is 6.92 Å². The Morgan fingerprint density at radius 1 is 1.04 bits per heavy atom. The molecule has 1 heterocycles. The maximum atomic E-state index is 13.0. The smallest absolute Gasteiger partial charge is 0.267 e. The van der Waals surface area contributed by atoms with Crippen molar-refractivity contribution >= 4 is 20.8 Å². The number of rotatable bonds is 4. The van der Waals surface area contributed by atoms with E-state index in [0.717, 1.165) is 32.1 Å². The maximum absolute atomic E-state index is 13.0. The molecule has 28 heavy (non-hydrogen) atoms. The first kappa shape index (κ1) is 18.8. The van der Waals surface area contributed by atoms with E-state index in [-0.39, 0.29) is 16.5 Å². The quantitative estimate of drug-likeness (QED) is 0.705. The van der Waals surface area contributed by atoms with Gasteiger partial charge < -0.3 is 0 Å². The molecule has 1 saturated carbocycles. The zero-order chi connectivity index (χ0) is 19.7. The standard InChI is InChI=1S/C21H23N3O3S/c1-14-11-12-15(20-17-9-5-6-10-18(17)21(25)23-22-20)13-19(14)28(26,27)24-16-7-3-2-4-8-16/h5-6,9-13,16,24H,2-4,7-8H2,1H3,(H,23,25). The van der Waals surface area contributed by atoms with Crippen LogP contribution < -0.4 is 10.3 Å². The normalized spacial score (nSPS) is 15.8. The van der Waals surface area contributed by atoms with Crippen molar-refractivity contribution in [3.05, 3.63) is 58.4 Å². The number of aryl methyl sites for hydroxylation is 1. The van der Waals surface area contributed by atoms with Gasteiger partial charge in [0.25, 0.3) is 5.56 Å². The van der Waals surface area contributed by atoms with Crippen LogP contribution in [0.1, 0.15) is 37.7 Å². The van der Waals surface area contributed by atoms with Gasteiger partial charge in [-0.15, -0.1) is 0 Å². The van der Waals surface area contributed by atoms with E-state index in [0.29, 0.717) is 27.6 Å². The number of aromatic amines is 1. The third kappa shape index (κ3) is 3.59. The van der Waals surface area contributed by atoms with Crippen molar-refractivity contribution in [3.8, 4) is 11.3 Å². The number of sulfonamides is 1. The summed E-state index contributed by atoms with van der Waals surface area (Å²) in [6, 6.07) is 12.4. The Bertz CT molecular complexity index is 1180. The van der Waals surface area contributed by atoms with E-state index >= 15 is 0 Å². The van der Waals surface area contributed by atoms with Gasteiger partial charge in [-0.2, -0.15) is 5.10 Å². The van der Waals surface area contributed by atoms with Gasteiger partial charge in [-0.3, -0.25) is 4.79 Å². The van der Waals surface area contributed by atoms with Gasteiger partial charge in [0.15, 0.2) is 0 Å². The third-order valence-corrected chi connectivity index (χ3v) is 7.04. The number of fused-ring (bicyclic) bond motifs is 1. The van der Waals surface area contributed by atoms with Crippen molar-refractivity contribution in [2.24, 2.45) is 0 Å². The molecule has 0 bridgehead atoms. The fraction of sp³-hybridized carbons (Fsp3) is 0.333. The highest BCUT2D eigenvalue weighted by Gasteiger charge is 2.24. The summed E-state index contributed by atoms with van der Waals surface area (Å²) < 4.78 is 28.9. The van der Waals surface area contributed by atoms with Crippen LogP contribution in [0.2, 0.25) is 0 Å². The highest BCUT2D eigenvalue weighted by molar-refractivity contribution is 7.89. The summed E-state index contributed by atoms with van der Waals surface area (Å²) in [5.41, 5.74) is 1.63. The molecule has 7 heteroatoms. The molecule has 0 radical (unpaired) electrons. The summed E-state index contributed by atoms with van der Waals surface area (Å²) in [6.45, 7) is 1.79. The molecule has 4 rings (SSSR count). The average molecular weight is 398 g/mol. The van der Waals surface area contributed by atoms with Crippen LogP contribution in [0.25, 0.3) is 22.0 Å². The van der Waals surface area contributed by atoms with E-state index in [4.69, 9.17) is 0 Å². The van der Waals surface area contributed by atoms with E-state index in [9.17, 15) is 13.2 Å². The minimum absolute atomic E-state index is 0.00570. The number of nitrogens with zero attached hydrogens (tertiary/aromatic N) is 1. The van der Waals surface area contributed by atoms with E-state index in [1.807, 2.05) is 18.2 Å². The van der Waals surface area contributed by atoms with Crippen LogP contribution in [0.15, 0.2) is 52.2 Å². The van der Waals surface area contributed by atoms with Gasteiger partial charge >= 0.3 is 0 Å². The fourth-order valence-corrected chi connectivity index (χ4v) is 5.45. The summed E-state index contributed by atoms with van der Waals surface area (Å²) >= 11 is 0. The van der Waals surface area contributed by atoms with Crippen molar-refractivity contribution in [1.29, 1.82) is 0 Å². The molecule has 146 valence electrons. The van der Waals surface area contributed by atoms with Crippen LogP contribution >= 0.6 is 0 Å². The Morgan fingerprint density at radius 3 is 2.50 bits per heavy atom. The van der Waals surface area contributed by atoms with Crippen LogP contribution in [0.3, 0.4) is 0 Å². The van der Waals surface area contributed by atoms with Gasteiger partial charge in [0.1, 0.15) is 0 Å². The summed E-state index contributed by atoms with van der Waals surface area (Å²) in [6.07, 6.45) is 5.03. The van der Waals surface area contributed by atoms with Crippen LogP contribution in [0.5, 0.6) is 0 Å². The Kier molecular flexibility index (Phi) is 5.03. The van der Waals surface area contributed by atoms with Crippen molar-refractivity contribution in [3.63, 3.8) is 0 Å². The predicted molar refractivity (Wildman–Crippen MR) is 110 cm³/mol. The van der Waals surface area contributed by atoms with Crippen molar-refractivity contribution < 1.29 is 8.42 Å². The summed E-state index contributed by atoms with van der Waals surface area (Å²) in [7, 11) is -3.63. The molecule has 0 saturated heterocycles. The van der Waals surface area contributed by atoms with E-state index in [1.54, 1.807) is 31.2 Å². The summed E-state index contributed by atoms with van der Waals surface area (Å²) in [5, 5.41) is 7.92. The lowest BCUT2D eigenvalue weighted by Gasteiger charge is -2.23. The monoisotopic (exact) mass is 397 g/mol. The summed E-state index contributed by atoms with van der Waals surface area (Å²) in [4.78, 5) is 12.3. The number of H-pyrrole nitrogens is 1. The van der Waals surface area contributed by atoms with Gasteiger partial charge in [-0.25, -0.2) is 18.2 Å². The maximum Gasteiger partial charge on any atom is 0.272 e. The van der Waals surface area contributed by atoms with Crippen LogP contribution in [0.4, 0.5) is 0 Å². The number of benzene rings is 2. The summed E-state index contributed by atoms with van der Waals surface area (Å²) in [5.74, 6) is 0. The van der Waals surface area contributed by atoms with Gasteiger partial charge in [-0.05, 0) is 37.5 Å². The zero-order valence-corrected chi connectivity index (χ0v) is 16.6. The molecule has 1 aliphatic rings. The second-order valence-electron chi connectivity index (χ2n) is 7.38. The largest absolute Gasteiger partial charge is 0.272 e. The van der Waals surface area contributed by atoms with Crippen LogP contribution in [-0.2, 0) is 10.0 Å². The molecule has 1 aliphatic carbocycles. The van der Waals surface area contributed by atoms with Crippen molar-refractivity contribution in [1.82, 2.24) is 14.9 Å². The molecule has 0 spiro atoms. The van der Waals surface area contributed by atoms with Gasteiger partial charge in [0, 0.05) is 17.0 Å². The van der Waals surface area contributed by atoms with Crippen molar-refractivity contribution in [2.45, 2.75) is 50.0 Å². The molecule has 2 aromatic carbocycles. The minimum atomic E-state index is -3.63. The van der Waals surface area contributed by atoms with E-state index in [1.165, 1.54) is 0 Å². The Balaban J connectivity index is 1.78. The molecule has 0 aliphatic heterocycles. The van der Waals surface area contributed by atoms with Gasteiger partial charge in [0.2, 0.25) is 10.0 Å². The zero-order valence-electron chi connectivity index (χ0n) is 15.7. The second kappa shape index (κ2) is 7.48. The predicted octanol–water partition coefficient (Wildman–Crippen LogP) is 3.51. The molecule has 2 N–H and O–H groups in total. The van der Waals surface area contributed by atoms with Crippen molar-refractivity contribution in [2.75, 3.05) is 0 Å². The SMILES string of the molecule is Cc1ccc(-c2n[nH]c(=O)c3ccccc23)cc1S(=O)(=O)NC1CCCCC1. The number of hydrogen-bond donors (Lipinski definition) is 2. The lowest BCUT2D eigenvalue weighted by atomic mass is 9.96. The van der Waals surface area contributed by atoms with Gasteiger partial charge in [0.05, 0.1) is 16.0 Å². The minimum Gasteiger partial charge on any atom is -0.267 e. The van der Waals surface area contributed by atoms with E-state index < -0.39 is 10.0 Å². The highest BCUT2D eigenvalue weighted by Crippen LogP contribution is 2.28. The lowest BCUT2D eigenvalue weighted by molar-refractivity contribution is 0.412. The average Bonchev–Trinajstić information content (AvgIpc) is 2.69. The number of nitrogens with one attached hydrogen (secondary N) is 2. The number of aromatic nitrogens is 2. The molecular formula is C21H23N3O3S. The van der Waals surface area contributed by atoms with Crippen LogP contribution in [-0.4, -0.2) is 24.7 Å². The lowest BCUT2D eigenvalue weighted by Crippen LogP contribution is -2.36. The molecule has 0 amide bonds. The number of hydrogen-bond acceptors (Lipinski definition) is 4. The van der Waals surface area contributed by atoms with E-state index in [2.05, 4.69) is 14.9 Å². The Hall–Kier alpha value is -2.51. The Morgan fingerprint density at radius 2 is 1.75 bits per heavy atom. The molecule has 3 aromatic rings. The molecule has 1 fully saturated rings. The third-order valence-electron chi connectivity index (χ3n) is 5.37. The first-order valence-corrected chi connectivity index (χ1v) is 11.0. The molecule has 0 atom stereocenters. The molecule has 1 aromatic heterocycles. The fourth-order valence-electron chi connectivity index (χ4n) is 3.88. The molecule has 0 unspecified atom stereocenters. The second-order valence-corrected chi connectivity index (χ2v) is 9.07. The topological polar surface area (TPSA) is 91.9 Å². The Labute approximate surface area is 164 Å².